The molecule has 92 valence electrons. The Morgan fingerprint density at radius 1 is 1.47 bits per heavy atom. The largest absolute Gasteiger partial charge is 0.495 e. The summed E-state index contributed by atoms with van der Waals surface area (Å²) in [5.41, 5.74) is 6.76. The topological polar surface area (TPSA) is 64.3 Å². The Kier molecular flexibility index (Phi) is 3.22. The van der Waals surface area contributed by atoms with Crippen molar-refractivity contribution in [3.05, 3.63) is 23.8 Å². The van der Waals surface area contributed by atoms with Crippen LogP contribution in [0.1, 0.15) is 30.1 Å². The fourth-order valence-corrected chi connectivity index (χ4v) is 2.20. The Labute approximate surface area is 101 Å². The van der Waals surface area contributed by atoms with E-state index in [1.165, 1.54) is 0 Å². The molecular weight excluding hydrogens is 216 g/mol. The van der Waals surface area contributed by atoms with Gasteiger partial charge < -0.3 is 15.8 Å². The fourth-order valence-electron chi connectivity index (χ4n) is 2.20. The van der Waals surface area contributed by atoms with Crippen LogP contribution in [-0.2, 0) is 0 Å². The van der Waals surface area contributed by atoms with E-state index in [0.29, 0.717) is 29.0 Å². The summed E-state index contributed by atoms with van der Waals surface area (Å²) in [5.74, 6) is 1.14. The van der Waals surface area contributed by atoms with Crippen LogP contribution < -0.4 is 15.8 Å². The number of nitrogens with one attached hydrogen (secondary N) is 1. The predicted octanol–water partition coefficient (Wildman–Crippen LogP) is 1.81. The van der Waals surface area contributed by atoms with Gasteiger partial charge in [0.1, 0.15) is 5.75 Å². The first-order chi connectivity index (χ1) is 8.11. The summed E-state index contributed by atoms with van der Waals surface area (Å²) in [6.45, 7) is 2.18. The van der Waals surface area contributed by atoms with Gasteiger partial charge in [-0.2, -0.15) is 0 Å². The number of anilines is 1. The Balaban J connectivity index is 2.08. The number of hydrogen-bond acceptors (Lipinski definition) is 3. The molecule has 0 heterocycles. The van der Waals surface area contributed by atoms with Gasteiger partial charge in [0.15, 0.2) is 0 Å². The molecule has 0 bridgehead atoms. The number of para-hydroxylation sites is 1. The summed E-state index contributed by atoms with van der Waals surface area (Å²) in [4.78, 5) is 12.0. The average Bonchev–Trinajstić information content (AvgIpc) is 2.27. The van der Waals surface area contributed by atoms with Gasteiger partial charge in [0.2, 0.25) is 0 Å². The number of benzene rings is 1. The molecule has 2 rings (SSSR count). The van der Waals surface area contributed by atoms with Crippen LogP contribution in [0.2, 0.25) is 0 Å². The van der Waals surface area contributed by atoms with Crippen LogP contribution in [0.4, 0.5) is 5.69 Å². The van der Waals surface area contributed by atoms with Gasteiger partial charge >= 0.3 is 0 Å². The maximum atomic E-state index is 12.0. The van der Waals surface area contributed by atoms with Gasteiger partial charge in [0.25, 0.3) is 5.91 Å². The lowest BCUT2D eigenvalue weighted by Gasteiger charge is -2.33. The zero-order valence-corrected chi connectivity index (χ0v) is 10.2. The van der Waals surface area contributed by atoms with Gasteiger partial charge in [-0.3, -0.25) is 4.79 Å². The van der Waals surface area contributed by atoms with Crippen molar-refractivity contribution >= 4 is 11.6 Å². The van der Waals surface area contributed by atoms with E-state index in [4.69, 9.17) is 10.5 Å². The zero-order chi connectivity index (χ0) is 12.4. The monoisotopic (exact) mass is 234 g/mol. The maximum Gasteiger partial charge on any atom is 0.253 e. The summed E-state index contributed by atoms with van der Waals surface area (Å²) in [6, 6.07) is 5.53. The Hall–Kier alpha value is -1.71. The number of hydrogen-bond donors (Lipinski definition) is 2. The number of carbonyl (C=O) groups is 1. The van der Waals surface area contributed by atoms with Crippen LogP contribution in [-0.4, -0.2) is 19.1 Å². The Bertz CT molecular complexity index is 425. The minimum atomic E-state index is -0.113. The van der Waals surface area contributed by atoms with Gasteiger partial charge in [-0.1, -0.05) is 13.0 Å². The first-order valence-electron chi connectivity index (χ1n) is 5.85. The number of nitrogen functional groups attached to an aromatic ring is 1. The zero-order valence-electron chi connectivity index (χ0n) is 10.2. The molecule has 1 amide bonds. The van der Waals surface area contributed by atoms with Crippen molar-refractivity contribution in [2.24, 2.45) is 5.92 Å². The van der Waals surface area contributed by atoms with Crippen LogP contribution in [0.5, 0.6) is 5.75 Å². The normalized spacial score (nSPS) is 22.7. The second kappa shape index (κ2) is 4.65. The van der Waals surface area contributed by atoms with E-state index in [1.54, 1.807) is 25.3 Å². The molecule has 0 unspecified atom stereocenters. The van der Waals surface area contributed by atoms with Crippen molar-refractivity contribution in [1.82, 2.24) is 5.32 Å². The first kappa shape index (κ1) is 11.8. The molecule has 1 aromatic rings. The summed E-state index contributed by atoms with van der Waals surface area (Å²) < 4.78 is 5.09. The standard InChI is InChI=1S/C13H18N2O2/c1-8-6-9(7-8)15-13(16)10-4-3-5-11(17-2)12(10)14/h3-5,8-9H,6-7,14H2,1-2H3,(H,15,16). The summed E-state index contributed by atoms with van der Waals surface area (Å²) in [7, 11) is 1.54. The molecule has 1 fully saturated rings. The maximum absolute atomic E-state index is 12.0. The number of nitrogens with two attached hydrogens (primary N) is 1. The molecule has 0 aliphatic heterocycles. The van der Waals surface area contributed by atoms with Crippen molar-refractivity contribution in [1.29, 1.82) is 0 Å². The highest BCUT2D eigenvalue weighted by molar-refractivity contribution is 6.00. The summed E-state index contributed by atoms with van der Waals surface area (Å²) in [6.07, 6.45) is 2.10. The SMILES string of the molecule is COc1cccc(C(=O)NC2CC(C)C2)c1N. The number of ether oxygens (including phenoxy) is 1. The highest BCUT2D eigenvalue weighted by Gasteiger charge is 2.27. The van der Waals surface area contributed by atoms with Crippen molar-refractivity contribution < 1.29 is 9.53 Å². The molecule has 0 radical (unpaired) electrons. The van der Waals surface area contributed by atoms with E-state index in [0.717, 1.165) is 12.8 Å². The quantitative estimate of drug-likeness (QED) is 0.784. The molecule has 4 heteroatoms. The van der Waals surface area contributed by atoms with Crippen LogP contribution in [0.25, 0.3) is 0 Å². The lowest BCUT2D eigenvalue weighted by molar-refractivity contribution is 0.0896. The lowest BCUT2D eigenvalue weighted by Crippen LogP contribution is -2.43. The number of methoxy groups -OCH3 is 1. The number of carbonyl (C=O) groups excluding carboxylic acids is 1. The van der Waals surface area contributed by atoms with Gasteiger partial charge in [0, 0.05) is 6.04 Å². The van der Waals surface area contributed by atoms with E-state index < -0.39 is 0 Å². The fraction of sp³-hybridized carbons (Fsp3) is 0.462. The van der Waals surface area contributed by atoms with Crippen molar-refractivity contribution in [2.75, 3.05) is 12.8 Å². The van der Waals surface area contributed by atoms with Crippen LogP contribution >= 0.6 is 0 Å². The summed E-state index contributed by atoms with van der Waals surface area (Å²) >= 11 is 0. The van der Waals surface area contributed by atoms with Gasteiger partial charge in [-0.15, -0.1) is 0 Å². The Morgan fingerprint density at radius 2 is 2.18 bits per heavy atom. The molecule has 1 aromatic carbocycles. The van der Waals surface area contributed by atoms with Crippen LogP contribution in [0.15, 0.2) is 18.2 Å². The van der Waals surface area contributed by atoms with E-state index in [1.807, 2.05) is 0 Å². The van der Waals surface area contributed by atoms with Crippen molar-refractivity contribution in [2.45, 2.75) is 25.8 Å². The molecule has 0 saturated heterocycles. The van der Waals surface area contributed by atoms with E-state index >= 15 is 0 Å². The third-order valence-corrected chi connectivity index (χ3v) is 3.24. The highest BCUT2D eigenvalue weighted by Crippen LogP contribution is 2.28. The predicted molar refractivity (Wildman–Crippen MR) is 67.1 cm³/mol. The Morgan fingerprint density at radius 3 is 2.76 bits per heavy atom. The minimum Gasteiger partial charge on any atom is -0.495 e. The van der Waals surface area contributed by atoms with E-state index in [2.05, 4.69) is 12.2 Å². The lowest BCUT2D eigenvalue weighted by atomic mass is 9.82. The highest BCUT2D eigenvalue weighted by atomic mass is 16.5. The molecule has 3 N–H and O–H groups in total. The third-order valence-electron chi connectivity index (χ3n) is 3.24. The summed E-state index contributed by atoms with van der Waals surface area (Å²) in [5, 5.41) is 2.98. The second-order valence-corrected chi connectivity index (χ2v) is 4.67. The van der Waals surface area contributed by atoms with Gasteiger partial charge in [-0.05, 0) is 30.9 Å². The molecule has 4 nitrogen and oxygen atoms in total. The number of rotatable bonds is 3. The molecule has 0 atom stereocenters. The van der Waals surface area contributed by atoms with Crippen LogP contribution in [0.3, 0.4) is 0 Å². The molecule has 17 heavy (non-hydrogen) atoms. The van der Waals surface area contributed by atoms with Gasteiger partial charge in [-0.25, -0.2) is 0 Å². The van der Waals surface area contributed by atoms with E-state index in [-0.39, 0.29) is 5.91 Å². The first-order valence-corrected chi connectivity index (χ1v) is 5.85. The molecule has 1 aliphatic carbocycles. The third kappa shape index (κ3) is 2.35. The smallest absolute Gasteiger partial charge is 0.253 e. The van der Waals surface area contributed by atoms with Crippen molar-refractivity contribution in [3.8, 4) is 5.75 Å². The number of amides is 1. The molecule has 1 aliphatic rings. The van der Waals surface area contributed by atoms with Gasteiger partial charge in [0.05, 0.1) is 18.4 Å². The van der Waals surface area contributed by atoms with Crippen LogP contribution in [0, 0.1) is 5.92 Å². The van der Waals surface area contributed by atoms with E-state index in [9.17, 15) is 4.79 Å². The average molecular weight is 234 g/mol. The molecule has 0 aromatic heterocycles. The molecular formula is C13H18N2O2. The second-order valence-electron chi connectivity index (χ2n) is 4.67. The molecule has 0 spiro atoms. The molecule has 1 saturated carbocycles. The van der Waals surface area contributed by atoms with Crippen molar-refractivity contribution in [3.63, 3.8) is 0 Å². The minimum absolute atomic E-state index is 0.113.